The van der Waals surface area contributed by atoms with Gasteiger partial charge in [0.25, 0.3) is 0 Å². The lowest BCUT2D eigenvalue weighted by Crippen LogP contribution is -2.04. The smallest absolute Gasteiger partial charge is 0.180 e. The lowest BCUT2D eigenvalue weighted by Gasteiger charge is -2.04. The van der Waals surface area contributed by atoms with Gasteiger partial charge in [0.15, 0.2) is 6.54 Å². The van der Waals surface area contributed by atoms with Crippen LogP contribution in [0.3, 0.4) is 0 Å². The second kappa shape index (κ2) is 26.3. The molecular weight excluding hydrogens is 504 g/mol. The first-order valence-corrected chi connectivity index (χ1v) is 16.9. The third-order valence-electron chi connectivity index (χ3n) is 7.81. The first-order valence-electron chi connectivity index (χ1n) is 16.9. The molecule has 2 heterocycles. The van der Waals surface area contributed by atoms with Crippen LogP contribution in [0.1, 0.15) is 140 Å². The third kappa shape index (κ3) is 21.8. The maximum Gasteiger partial charge on any atom is 0.180 e. The Morgan fingerprint density at radius 3 is 1.63 bits per heavy atom. The summed E-state index contributed by atoms with van der Waals surface area (Å²) in [5.41, 5.74) is 2.68. The van der Waals surface area contributed by atoms with Crippen molar-refractivity contribution in [1.82, 2.24) is 9.97 Å². The number of aryl methyl sites for hydroxylation is 2. The van der Waals surface area contributed by atoms with Crippen LogP contribution in [0.4, 0.5) is 0 Å². The van der Waals surface area contributed by atoms with Crippen LogP contribution in [0, 0.1) is 5.21 Å². The van der Waals surface area contributed by atoms with Crippen LogP contribution in [0.25, 0.3) is 0 Å². The summed E-state index contributed by atoms with van der Waals surface area (Å²) in [5.74, 6) is 0. The molecule has 2 rings (SSSR count). The lowest BCUT2D eigenvalue weighted by atomic mass is 10.0. The van der Waals surface area contributed by atoms with E-state index in [2.05, 4.69) is 39.4 Å². The van der Waals surface area contributed by atoms with Crippen LogP contribution in [-0.4, -0.2) is 27.9 Å². The topological polar surface area (TPSA) is 64.2 Å². The molecule has 0 aliphatic rings. The van der Waals surface area contributed by atoms with E-state index in [1.165, 1.54) is 114 Å². The first kappa shape index (κ1) is 34.6. The van der Waals surface area contributed by atoms with Crippen molar-refractivity contribution in [3.05, 3.63) is 77.5 Å². The first-order chi connectivity index (χ1) is 20.3. The highest BCUT2D eigenvalue weighted by atomic mass is 16.5. The summed E-state index contributed by atoms with van der Waals surface area (Å²) < 4.78 is 0. The minimum absolute atomic E-state index is 0.565. The normalized spacial score (nSPS) is 12.0. The van der Waals surface area contributed by atoms with Gasteiger partial charge in [-0.05, 0) is 79.7 Å². The number of rotatable bonds is 27. The zero-order valence-electron chi connectivity index (χ0n) is 25.9. The Kier molecular flexibility index (Phi) is 22.3. The molecule has 0 unspecified atom stereocenters. The number of hydroxylamine groups is 1. The molecule has 0 radical (unpaired) electrons. The average molecular weight is 563 g/mol. The molecule has 0 saturated carbocycles. The highest BCUT2D eigenvalue weighted by molar-refractivity contribution is 5.09. The summed E-state index contributed by atoms with van der Waals surface area (Å²) in [6, 6.07) is 8.35. The molecule has 0 aliphatic heterocycles. The largest absolute Gasteiger partial charge is 0.600 e. The molecule has 41 heavy (non-hydrogen) atoms. The fourth-order valence-corrected chi connectivity index (χ4v) is 5.26. The van der Waals surface area contributed by atoms with Gasteiger partial charge in [-0.1, -0.05) is 113 Å². The van der Waals surface area contributed by atoms with E-state index in [1.54, 1.807) is 0 Å². The summed E-state index contributed by atoms with van der Waals surface area (Å²) in [6.07, 6.45) is 39.6. The number of hydrogen-bond donors (Lipinski definition) is 0. The van der Waals surface area contributed by atoms with Gasteiger partial charge in [-0.15, -0.1) is 0 Å². The Balaban J connectivity index is 1.24. The van der Waals surface area contributed by atoms with Crippen molar-refractivity contribution >= 4 is 0 Å². The van der Waals surface area contributed by atoms with Crippen LogP contribution in [0.15, 0.2) is 66.3 Å². The fraction of sp³-hybridized carbons (Fsp3) is 0.667. The van der Waals surface area contributed by atoms with Gasteiger partial charge in [0.1, 0.15) is 6.54 Å². The number of pyridine rings is 2. The molecule has 5 heteroatoms. The summed E-state index contributed by atoms with van der Waals surface area (Å²) in [4.78, 5) is 9.29. The molecule has 0 bridgehead atoms. The van der Waals surface area contributed by atoms with Crippen LogP contribution in [0.2, 0.25) is 0 Å². The van der Waals surface area contributed by atoms with Crippen LogP contribution < -0.4 is 0 Å². The Morgan fingerprint density at radius 1 is 0.561 bits per heavy atom. The maximum absolute atomic E-state index is 11.9. The molecular formula is C36H58N4O. The van der Waals surface area contributed by atoms with Crippen molar-refractivity contribution in [1.29, 1.82) is 0 Å². The summed E-state index contributed by atoms with van der Waals surface area (Å²) in [5, 5.41) is 16.1. The van der Waals surface area contributed by atoms with Crippen LogP contribution >= 0.6 is 0 Å². The van der Waals surface area contributed by atoms with E-state index >= 15 is 0 Å². The summed E-state index contributed by atoms with van der Waals surface area (Å²) in [6.45, 7) is 1.26. The molecule has 5 nitrogen and oxygen atoms in total. The highest BCUT2D eigenvalue weighted by Gasteiger charge is 1.99. The van der Waals surface area contributed by atoms with E-state index in [0.29, 0.717) is 13.1 Å². The molecule has 2 aromatic heterocycles. The monoisotopic (exact) mass is 562 g/mol. The number of unbranched alkanes of at least 4 members (excludes halogenated alkanes) is 17. The van der Waals surface area contributed by atoms with E-state index in [-0.39, 0.29) is 0 Å². The molecule has 0 aliphatic carbocycles. The van der Waals surface area contributed by atoms with Crippen molar-refractivity contribution in [3.8, 4) is 0 Å². The van der Waals surface area contributed by atoms with Gasteiger partial charge >= 0.3 is 0 Å². The van der Waals surface area contributed by atoms with E-state index < -0.39 is 0 Å². The van der Waals surface area contributed by atoms with E-state index in [4.69, 9.17) is 0 Å². The van der Waals surface area contributed by atoms with Gasteiger partial charge in [0.05, 0.1) is 0 Å². The third-order valence-corrected chi connectivity index (χ3v) is 7.81. The predicted molar refractivity (Wildman–Crippen MR) is 173 cm³/mol. The Bertz CT molecular complexity index is 885. The van der Waals surface area contributed by atoms with E-state index in [0.717, 1.165) is 43.4 Å². The molecule has 0 N–H and O–H groups in total. The van der Waals surface area contributed by atoms with E-state index in [1.807, 2.05) is 36.9 Å². The highest BCUT2D eigenvalue weighted by Crippen LogP contribution is 2.13. The zero-order valence-corrected chi connectivity index (χ0v) is 25.9. The second-order valence-corrected chi connectivity index (χ2v) is 11.6. The quantitative estimate of drug-likeness (QED) is 0.0357. The van der Waals surface area contributed by atoms with Gasteiger partial charge in [-0.2, -0.15) is 0 Å². The summed E-state index contributed by atoms with van der Waals surface area (Å²) >= 11 is 0. The fourth-order valence-electron chi connectivity index (χ4n) is 5.26. The minimum atomic E-state index is 0.565. The van der Waals surface area contributed by atoms with Crippen molar-refractivity contribution in [2.75, 3.05) is 13.1 Å². The van der Waals surface area contributed by atoms with Crippen LogP contribution in [-0.2, 0) is 12.8 Å². The molecule has 2 aromatic rings. The second-order valence-electron chi connectivity index (χ2n) is 11.6. The Hall–Kier alpha value is -2.56. The summed E-state index contributed by atoms with van der Waals surface area (Å²) in [7, 11) is 0. The standard InChI is InChI=1S/C36H58N4O/c41-40(39-31-21-17-13-9-5-4-8-12-16-20-26-36-28-24-30-38-34-36)32-22-18-14-10-6-2-1-3-7-11-15-19-25-35-27-23-29-37-33-35/h11,15,23-24,27-30,33-34H,1-10,12-14,16-22,25-26,31-32H2/b15-11-,40-39?. The van der Waals surface area contributed by atoms with Crippen molar-refractivity contribution in [3.63, 3.8) is 0 Å². The number of allylic oxidation sites excluding steroid dienone is 2. The van der Waals surface area contributed by atoms with Crippen LogP contribution in [0.5, 0.6) is 0 Å². The van der Waals surface area contributed by atoms with Crippen molar-refractivity contribution in [2.45, 2.75) is 141 Å². The van der Waals surface area contributed by atoms with Gasteiger partial charge in [-0.3, -0.25) is 9.97 Å². The molecule has 0 saturated heterocycles. The Labute approximate surface area is 251 Å². The van der Waals surface area contributed by atoms with Gasteiger partial charge < -0.3 is 5.21 Å². The predicted octanol–water partition coefficient (Wildman–Crippen LogP) is 10.6. The number of azo groups is 1. The molecule has 0 fully saturated rings. The average Bonchev–Trinajstić information content (AvgIpc) is 3.00. The number of hydrogen-bond acceptors (Lipinski definition) is 4. The Morgan fingerprint density at radius 2 is 1.05 bits per heavy atom. The van der Waals surface area contributed by atoms with Crippen molar-refractivity contribution < 1.29 is 4.86 Å². The van der Waals surface area contributed by atoms with Gasteiger partial charge in [0.2, 0.25) is 0 Å². The molecule has 0 atom stereocenters. The minimum Gasteiger partial charge on any atom is -0.600 e. The van der Waals surface area contributed by atoms with Gasteiger partial charge in [0, 0.05) is 31.2 Å². The van der Waals surface area contributed by atoms with E-state index in [9.17, 15) is 5.21 Å². The number of aromatic nitrogens is 2. The molecule has 0 spiro atoms. The number of nitrogens with zero attached hydrogens (tertiary/aromatic N) is 4. The maximum atomic E-state index is 11.9. The van der Waals surface area contributed by atoms with Crippen molar-refractivity contribution in [2.24, 2.45) is 5.11 Å². The van der Waals surface area contributed by atoms with Gasteiger partial charge in [-0.25, -0.2) is 0 Å². The lowest BCUT2D eigenvalue weighted by molar-refractivity contribution is -0.531. The molecule has 0 amide bonds. The molecule has 0 aromatic carbocycles. The zero-order chi connectivity index (χ0) is 28.9. The SMILES string of the molecule is [O-][N+](CCCCCCCCCC/C=C\CCc1cccnc1)=NCCCCCCCCCCCCc1cccnc1. The molecule has 228 valence electrons.